The lowest BCUT2D eigenvalue weighted by Gasteiger charge is -2.34. The van der Waals surface area contributed by atoms with Gasteiger partial charge in [-0.2, -0.15) is 8.42 Å². The number of nitrogens with two attached hydrogens (primary N) is 1. The van der Waals surface area contributed by atoms with Gasteiger partial charge in [0, 0.05) is 23.8 Å². The van der Waals surface area contributed by atoms with Crippen LogP contribution in [0.15, 0.2) is 41.6 Å². The molecule has 0 aromatic carbocycles. The number of amides is 1. The normalized spacial score (nSPS) is 17.1. The molecule has 11 nitrogen and oxygen atoms in total. The fourth-order valence-electron chi connectivity index (χ4n) is 4.67. The van der Waals surface area contributed by atoms with Crippen LogP contribution >= 0.6 is 0 Å². The van der Waals surface area contributed by atoms with Crippen LogP contribution in [0.1, 0.15) is 57.0 Å². The minimum absolute atomic E-state index is 0.0334. The summed E-state index contributed by atoms with van der Waals surface area (Å²) in [5.74, 6) is 1.30. The Balaban J connectivity index is 1.74. The zero-order valence-electron chi connectivity index (χ0n) is 22.6. The fourth-order valence-corrected chi connectivity index (χ4v) is 5.61. The zero-order chi connectivity index (χ0) is 27.8. The van der Waals surface area contributed by atoms with Crippen LogP contribution in [0.5, 0.6) is 5.88 Å². The Morgan fingerprint density at radius 2 is 1.97 bits per heavy atom. The van der Waals surface area contributed by atoms with Gasteiger partial charge in [-0.25, -0.2) is 19.4 Å². The van der Waals surface area contributed by atoms with Gasteiger partial charge in [-0.15, -0.1) is 5.10 Å². The summed E-state index contributed by atoms with van der Waals surface area (Å²) in [6.45, 7) is 13.5. The van der Waals surface area contributed by atoms with Crippen molar-refractivity contribution in [2.45, 2.75) is 58.5 Å². The second-order valence-corrected chi connectivity index (χ2v) is 12.5. The molecule has 0 radical (unpaired) electrons. The van der Waals surface area contributed by atoms with E-state index in [1.165, 1.54) is 18.2 Å². The van der Waals surface area contributed by atoms with Gasteiger partial charge in [0.1, 0.15) is 11.6 Å². The number of hydrogen-bond donors (Lipinski definition) is 2. The standard InChI is InChI=1S/C26H35N7O4S/c1-16(2)15-37-25-18(4)14-33(30-25)21-11-10-19(23(29-21)32-13-17(3)12-26(32,5)6)24(34)31-38(35,36)22-9-7-8-20(27)28-22/h7-11,14,16-17H,12-13,15H2,1-6H3,(H2,27,28)(H,31,34)/t17-/m0/s1. The molecule has 4 rings (SSSR count). The van der Waals surface area contributed by atoms with Crippen LogP contribution in [0.25, 0.3) is 5.82 Å². The molecule has 1 atom stereocenters. The third kappa shape index (κ3) is 5.74. The number of aromatic nitrogens is 4. The molecule has 1 amide bonds. The van der Waals surface area contributed by atoms with Crippen LogP contribution in [-0.4, -0.2) is 52.8 Å². The lowest BCUT2D eigenvalue weighted by molar-refractivity contribution is 0.0981. The van der Waals surface area contributed by atoms with Crippen LogP contribution < -0.4 is 20.1 Å². The van der Waals surface area contributed by atoms with E-state index in [0.29, 0.717) is 42.5 Å². The minimum atomic E-state index is -4.26. The molecular weight excluding hydrogens is 506 g/mol. The largest absolute Gasteiger partial charge is 0.476 e. The van der Waals surface area contributed by atoms with Crippen molar-refractivity contribution in [3.05, 3.63) is 47.7 Å². The van der Waals surface area contributed by atoms with E-state index in [2.05, 4.69) is 49.4 Å². The summed E-state index contributed by atoms with van der Waals surface area (Å²) in [5.41, 5.74) is 6.32. The predicted octanol–water partition coefficient (Wildman–Crippen LogP) is 3.33. The Bertz CT molecular complexity index is 1450. The maximum absolute atomic E-state index is 13.4. The summed E-state index contributed by atoms with van der Waals surface area (Å²) in [6, 6.07) is 7.41. The quantitative estimate of drug-likeness (QED) is 0.438. The summed E-state index contributed by atoms with van der Waals surface area (Å²) in [7, 11) is -4.26. The molecular formula is C26H35N7O4S. The number of carbonyl (C=O) groups is 1. The first-order valence-corrected chi connectivity index (χ1v) is 14.0. The highest BCUT2D eigenvalue weighted by atomic mass is 32.2. The summed E-state index contributed by atoms with van der Waals surface area (Å²) in [4.78, 5) is 24.1. The molecule has 3 N–H and O–H groups in total. The second kappa shape index (κ2) is 10.2. The number of aryl methyl sites for hydroxylation is 1. The smallest absolute Gasteiger partial charge is 0.281 e. The molecule has 3 aromatic rings. The van der Waals surface area contributed by atoms with Crippen molar-refractivity contribution in [2.75, 3.05) is 23.8 Å². The van der Waals surface area contributed by atoms with Gasteiger partial charge in [-0.05, 0) is 63.3 Å². The van der Waals surface area contributed by atoms with E-state index in [-0.39, 0.29) is 21.9 Å². The molecule has 4 heterocycles. The number of rotatable bonds is 8. The molecule has 204 valence electrons. The molecule has 3 aromatic heterocycles. The van der Waals surface area contributed by atoms with E-state index in [1.54, 1.807) is 16.8 Å². The Labute approximate surface area is 223 Å². The van der Waals surface area contributed by atoms with E-state index in [9.17, 15) is 13.2 Å². The van der Waals surface area contributed by atoms with Crippen molar-refractivity contribution >= 4 is 27.6 Å². The van der Waals surface area contributed by atoms with Gasteiger partial charge in [0.25, 0.3) is 15.9 Å². The monoisotopic (exact) mass is 541 g/mol. The average Bonchev–Trinajstić information content (AvgIpc) is 3.33. The van der Waals surface area contributed by atoms with Crippen LogP contribution in [0.4, 0.5) is 11.6 Å². The third-order valence-corrected chi connectivity index (χ3v) is 7.55. The van der Waals surface area contributed by atoms with Gasteiger partial charge < -0.3 is 15.4 Å². The first-order chi connectivity index (χ1) is 17.8. The molecule has 0 bridgehead atoms. The van der Waals surface area contributed by atoms with Crippen molar-refractivity contribution in [1.82, 2.24) is 24.5 Å². The molecule has 1 aliphatic heterocycles. The summed E-state index contributed by atoms with van der Waals surface area (Å²) < 4.78 is 35.4. The summed E-state index contributed by atoms with van der Waals surface area (Å²) >= 11 is 0. The van der Waals surface area contributed by atoms with Gasteiger partial charge in [-0.1, -0.05) is 26.8 Å². The van der Waals surface area contributed by atoms with Crippen LogP contribution in [0.3, 0.4) is 0 Å². The number of nitrogen functional groups attached to an aromatic ring is 1. The van der Waals surface area contributed by atoms with E-state index in [1.807, 2.05) is 18.0 Å². The lowest BCUT2D eigenvalue weighted by Crippen LogP contribution is -2.41. The first kappa shape index (κ1) is 27.4. The Morgan fingerprint density at radius 3 is 2.61 bits per heavy atom. The highest BCUT2D eigenvalue weighted by Crippen LogP contribution is 2.38. The van der Waals surface area contributed by atoms with Crippen LogP contribution in [-0.2, 0) is 10.0 Å². The van der Waals surface area contributed by atoms with Gasteiger partial charge in [0.15, 0.2) is 10.8 Å². The summed E-state index contributed by atoms with van der Waals surface area (Å²) in [5, 5.41) is 4.21. The Morgan fingerprint density at radius 1 is 1.24 bits per heavy atom. The Hall–Kier alpha value is -3.67. The number of nitrogens with zero attached hydrogens (tertiary/aromatic N) is 5. The van der Waals surface area contributed by atoms with Gasteiger partial charge in [-0.3, -0.25) is 4.79 Å². The predicted molar refractivity (Wildman–Crippen MR) is 145 cm³/mol. The maximum atomic E-state index is 13.4. The molecule has 0 spiro atoms. The zero-order valence-corrected chi connectivity index (χ0v) is 23.4. The van der Waals surface area contributed by atoms with E-state index >= 15 is 0 Å². The number of carbonyl (C=O) groups excluding carboxylic acids is 1. The van der Waals surface area contributed by atoms with Crippen molar-refractivity contribution in [1.29, 1.82) is 0 Å². The SMILES string of the molecule is Cc1cn(-c2ccc(C(=O)NS(=O)(=O)c3cccc(N)n3)c(N3C[C@@H](C)CC3(C)C)n2)nc1OCC(C)C. The van der Waals surface area contributed by atoms with Gasteiger partial charge >= 0.3 is 0 Å². The fraction of sp³-hybridized carbons (Fsp3) is 0.462. The molecule has 1 aliphatic rings. The highest BCUT2D eigenvalue weighted by Gasteiger charge is 2.39. The van der Waals surface area contributed by atoms with Crippen molar-refractivity contribution in [3.8, 4) is 11.7 Å². The molecule has 0 aliphatic carbocycles. The molecule has 1 fully saturated rings. The summed E-state index contributed by atoms with van der Waals surface area (Å²) in [6.07, 6.45) is 2.70. The number of ether oxygens (including phenoxy) is 1. The topological polar surface area (TPSA) is 145 Å². The molecule has 12 heteroatoms. The van der Waals surface area contributed by atoms with Crippen molar-refractivity contribution < 1.29 is 17.9 Å². The maximum Gasteiger partial charge on any atom is 0.281 e. The number of pyridine rings is 2. The van der Waals surface area contributed by atoms with Gasteiger partial charge in [0.05, 0.1) is 12.2 Å². The highest BCUT2D eigenvalue weighted by molar-refractivity contribution is 7.90. The number of nitrogens with one attached hydrogen (secondary N) is 1. The molecule has 0 saturated carbocycles. The third-order valence-electron chi connectivity index (χ3n) is 6.32. The van der Waals surface area contributed by atoms with Crippen molar-refractivity contribution in [3.63, 3.8) is 0 Å². The second-order valence-electron chi connectivity index (χ2n) is 10.9. The van der Waals surface area contributed by atoms with Crippen molar-refractivity contribution in [2.24, 2.45) is 11.8 Å². The van der Waals surface area contributed by atoms with E-state index in [0.717, 1.165) is 12.0 Å². The molecule has 38 heavy (non-hydrogen) atoms. The Kier molecular flexibility index (Phi) is 7.37. The van der Waals surface area contributed by atoms with Crippen LogP contribution in [0, 0.1) is 18.8 Å². The van der Waals surface area contributed by atoms with Gasteiger partial charge in [0.2, 0.25) is 5.88 Å². The average molecular weight is 542 g/mol. The van der Waals surface area contributed by atoms with E-state index < -0.39 is 15.9 Å². The molecule has 1 saturated heterocycles. The van der Waals surface area contributed by atoms with Crippen LogP contribution in [0.2, 0.25) is 0 Å². The minimum Gasteiger partial charge on any atom is -0.476 e. The number of hydrogen-bond acceptors (Lipinski definition) is 9. The lowest BCUT2D eigenvalue weighted by atomic mass is 9.97. The number of anilines is 2. The number of sulfonamides is 1. The molecule has 0 unspecified atom stereocenters. The van der Waals surface area contributed by atoms with E-state index in [4.69, 9.17) is 15.5 Å². The first-order valence-electron chi connectivity index (χ1n) is 12.5.